The molecule has 3 heterocycles. The lowest BCUT2D eigenvalue weighted by Crippen LogP contribution is -2.43. The molecule has 1 saturated heterocycles. The highest BCUT2D eigenvalue weighted by atomic mass is 35.5. The van der Waals surface area contributed by atoms with Crippen molar-refractivity contribution < 1.29 is 14.3 Å². The topological polar surface area (TPSA) is 112 Å². The van der Waals surface area contributed by atoms with Crippen molar-refractivity contribution in [3.05, 3.63) is 78.0 Å². The van der Waals surface area contributed by atoms with Gasteiger partial charge in [0.1, 0.15) is 16.6 Å². The first kappa shape index (κ1) is 25.4. The van der Waals surface area contributed by atoms with E-state index in [1.54, 1.807) is 36.4 Å². The van der Waals surface area contributed by atoms with Crippen molar-refractivity contribution in [2.75, 3.05) is 25.5 Å². The molecule has 0 saturated carbocycles. The van der Waals surface area contributed by atoms with Crippen LogP contribution in [0, 0.1) is 0 Å². The Kier molecular flexibility index (Phi) is 7.39. The van der Waals surface area contributed by atoms with E-state index >= 15 is 0 Å². The summed E-state index contributed by atoms with van der Waals surface area (Å²) in [7, 11) is 2.09. The van der Waals surface area contributed by atoms with Gasteiger partial charge in [0.2, 0.25) is 5.91 Å². The number of likely N-dealkylation sites (tertiary alicyclic amines) is 1. The second kappa shape index (κ2) is 11.0. The van der Waals surface area contributed by atoms with E-state index in [9.17, 15) is 9.59 Å². The second-order valence-electron chi connectivity index (χ2n) is 9.17. The Labute approximate surface area is 224 Å². The van der Waals surface area contributed by atoms with Gasteiger partial charge < -0.3 is 25.3 Å². The van der Waals surface area contributed by atoms with Crippen LogP contribution in [0.4, 0.5) is 5.69 Å². The second-order valence-corrected chi connectivity index (χ2v) is 9.58. The van der Waals surface area contributed by atoms with Crippen LogP contribution in [0.3, 0.4) is 0 Å². The molecule has 3 N–H and O–H groups in total. The zero-order valence-electron chi connectivity index (χ0n) is 20.8. The molecule has 194 valence electrons. The predicted molar refractivity (Wildman–Crippen MR) is 148 cm³/mol. The van der Waals surface area contributed by atoms with Gasteiger partial charge in [0.25, 0.3) is 5.91 Å². The molecule has 0 bridgehead atoms. The third-order valence-electron chi connectivity index (χ3n) is 6.40. The van der Waals surface area contributed by atoms with Crippen LogP contribution in [0.2, 0.25) is 5.02 Å². The van der Waals surface area contributed by atoms with Crippen LogP contribution in [0.15, 0.2) is 67.4 Å². The molecule has 38 heavy (non-hydrogen) atoms. The molecule has 0 radical (unpaired) electrons. The Hall–Kier alpha value is -4.21. The molecule has 0 spiro atoms. The van der Waals surface area contributed by atoms with Gasteiger partial charge in [0.05, 0.1) is 6.20 Å². The Bertz CT molecular complexity index is 1490. The monoisotopic (exact) mass is 530 g/mol. The predicted octanol–water partition coefficient (Wildman–Crippen LogP) is 5.02. The van der Waals surface area contributed by atoms with E-state index in [2.05, 4.69) is 44.1 Å². The van der Waals surface area contributed by atoms with Crippen LogP contribution in [0.25, 0.3) is 22.6 Å². The minimum Gasteiger partial charge on any atom is -0.453 e. The molecule has 1 aliphatic rings. The average Bonchev–Trinajstić information content (AvgIpc) is 3.36. The van der Waals surface area contributed by atoms with Gasteiger partial charge in [-0.05, 0) is 63.3 Å². The number of anilines is 1. The number of aromatic amines is 1. The maximum Gasteiger partial charge on any atom is 0.251 e. The number of piperidine rings is 1. The van der Waals surface area contributed by atoms with Crippen LogP contribution in [0.5, 0.6) is 11.5 Å². The molecule has 2 aromatic heterocycles. The van der Waals surface area contributed by atoms with E-state index in [0.717, 1.165) is 31.5 Å². The quantitative estimate of drug-likeness (QED) is 0.289. The van der Waals surface area contributed by atoms with E-state index in [-0.39, 0.29) is 22.9 Å². The zero-order valence-corrected chi connectivity index (χ0v) is 21.6. The third kappa shape index (κ3) is 5.69. The number of ether oxygens (including phenoxy) is 1. The van der Waals surface area contributed by atoms with Gasteiger partial charge in [0.15, 0.2) is 16.9 Å². The normalized spacial score (nSPS) is 14.3. The molecule has 0 atom stereocenters. The molecule has 2 aromatic carbocycles. The van der Waals surface area contributed by atoms with Crippen LogP contribution in [0.1, 0.15) is 23.2 Å². The number of fused-ring (bicyclic) bond motifs is 1. The minimum atomic E-state index is -0.325. The smallest absolute Gasteiger partial charge is 0.251 e. The number of hydrogen-bond acceptors (Lipinski definition) is 6. The number of H-pyrrole nitrogens is 1. The lowest BCUT2D eigenvalue weighted by molar-refractivity contribution is -0.111. The number of aromatic nitrogens is 3. The molecule has 2 amide bonds. The molecule has 4 aromatic rings. The summed E-state index contributed by atoms with van der Waals surface area (Å²) < 4.78 is 6.07. The van der Waals surface area contributed by atoms with Crippen molar-refractivity contribution in [1.82, 2.24) is 25.2 Å². The summed E-state index contributed by atoms with van der Waals surface area (Å²) in [6.45, 7) is 5.42. The van der Waals surface area contributed by atoms with E-state index in [0.29, 0.717) is 39.7 Å². The van der Waals surface area contributed by atoms with Gasteiger partial charge in [-0.1, -0.05) is 36.4 Å². The van der Waals surface area contributed by atoms with Gasteiger partial charge >= 0.3 is 0 Å². The Morgan fingerprint density at radius 3 is 2.68 bits per heavy atom. The van der Waals surface area contributed by atoms with Crippen molar-refractivity contribution >= 4 is 40.3 Å². The zero-order chi connectivity index (χ0) is 26.6. The lowest BCUT2D eigenvalue weighted by atomic mass is 10.0. The summed E-state index contributed by atoms with van der Waals surface area (Å²) in [4.78, 5) is 38.9. The number of rotatable bonds is 7. The van der Waals surface area contributed by atoms with Gasteiger partial charge in [-0.25, -0.2) is 9.97 Å². The number of nitrogens with one attached hydrogen (secondary N) is 3. The number of hydrogen-bond donors (Lipinski definition) is 3. The van der Waals surface area contributed by atoms with Gasteiger partial charge in [0, 0.05) is 28.9 Å². The summed E-state index contributed by atoms with van der Waals surface area (Å²) >= 11 is 6.43. The highest BCUT2D eigenvalue weighted by Crippen LogP contribution is 2.36. The van der Waals surface area contributed by atoms with Crippen LogP contribution in [-0.4, -0.2) is 57.8 Å². The molecule has 9 nitrogen and oxygen atoms in total. The van der Waals surface area contributed by atoms with Crippen LogP contribution in [-0.2, 0) is 4.79 Å². The van der Waals surface area contributed by atoms with E-state index < -0.39 is 0 Å². The minimum absolute atomic E-state index is 0.0774. The molecule has 10 heteroatoms. The number of pyridine rings is 1. The fourth-order valence-electron chi connectivity index (χ4n) is 4.29. The molecule has 5 rings (SSSR count). The number of carbonyl (C=O) groups is 2. The highest BCUT2D eigenvalue weighted by Gasteiger charge is 2.20. The molecule has 1 fully saturated rings. The number of carbonyl (C=O) groups excluding carboxylic acids is 2. The number of benzene rings is 2. The van der Waals surface area contributed by atoms with Crippen LogP contribution >= 0.6 is 11.6 Å². The average molecular weight is 531 g/mol. The fraction of sp³-hybridized carbons (Fsp3) is 0.214. The van der Waals surface area contributed by atoms with Crippen molar-refractivity contribution in [3.8, 4) is 22.9 Å². The van der Waals surface area contributed by atoms with E-state index in [1.807, 2.05) is 12.1 Å². The van der Waals surface area contributed by atoms with Gasteiger partial charge in [-0.2, -0.15) is 0 Å². The SMILES string of the molecule is C=CC(=O)Nc1cccc(Oc2c(Cl)cnc3[nH]c(-c4ccc(C(=O)NC5CCN(C)CC5)cc4)nc23)c1. The lowest BCUT2D eigenvalue weighted by Gasteiger charge is -2.29. The Morgan fingerprint density at radius 2 is 1.95 bits per heavy atom. The Balaban J connectivity index is 1.35. The van der Waals surface area contributed by atoms with E-state index in [1.165, 1.54) is 12.3 Å². The maximum absolute atomic E-state index is 12.7. The highest BCUT2D eigenvalue weighted by molar-refractivity contribution is 6.32. The molecule has 1 aliphatic heterocycles. The maximum atomic E-state index is 12.7. The first-order valence-corrected chi connectivity index (χ1v) is 12.6. The van der Waals surface area contributed by atoms with Crippen LogP contribution < -0.4 is 15.4 Å². The third-order valence-corrected chi connectivity index (χ3v) is 6.67. The fourth-order valence-corrected chi connectivity index (χ4v) is 4.47. The standard InChI is InChI=1S/C28H27ClN6O3/c1-3-23(36)31-20-5-4-6-21(15-20)38-25-22(29)16-30-27-24(25)33-26(34-27)17-7-9-18(10-8-17)28(37)32-19-11-13-35(2)14-12-19/h3-10,15-16,19H,1,11-14H2,2H3,(H,31,36)(H,32,37)(H,30,33,34). The summed E-state index contributed by atoms with van der Waals surface area (Å²) in [5.41, 5.74) is 2.89. The van der Waals surface area contributed by atoms with Gasteiger partial charge in [-0.3, -0.25) is 9.59 Å². The summed E-state index contributed by atoms with van der Waals surface area (Å²) in [5.74, 6) is 0.959. The first-order valence-electron chi connectivity index (χ1n) is 12.2. The van der Waals surface area contributed by atoms with Crippen molar-refractivity contribution in [1.29, 1.82) is 0 Å². The molecule has 0 aliphatic carbocycles. The first-order chi connectivity index (χ1) is 18.4. The number of nitrogens with zero attached hydrogens (tertiary/aromatic N) is 3. The number of halogens is 1. The van der Waals surface area contributed by atoms with Crippen molar-refractivity contribution in [2.24, 2.45) is 0 Å². The number of imidazole rings is 1. The summed E-state index contributed by atoms with van der Waals surface area (Å²) in [6, 6.07) is 14.4. The molecular weight excluding hydrogens is 504 g/mol. The Morgan fingerprint density at radius 1 is 1.18 bits per heavy atom. The molecule has 0 unspecified atom stereocenters. The largest absolute Gasteiger partial charge is 0.453 e. The van der Waals surface area contributed by atoms with E-state index in [4.69, 9.17) is 16.3 Å². The summed E-state index contributed by atoms with van der Waals surface area (Å²) in [5, 5.41) is 6.12. The van der Waals surface area contributed by atoms with Crippen molar-refractivity contribution in [2.45, 2.75) is 18.9 Å². The van der Waals surface area contributed by atoms with Crippen molar-refractivity contribution in [3.63, 3.8) is 0 Å². The number of amides is 2. The summed E-state index contributed by atoms with van der Waals surface area (Å²) in [6.07, 6.45) is 4.58. The molecular formula is C28H27ClN6O3. The van der Waals surface area contributed by atoms with Gasteiger partial charge in [-0.15, -0.1) is 0 Å².